The van der Waals surface area contributed by atoms with Crippen LogP contribution in [0.2, 0.25) is 0 Å². The highest BCUT2D eigenvalue weighted by Crippen LogP contribution is 2.30. The molecule has 2 heterocycles. The number of methoxy groups -OCH3 is 2. The number of allylic oxidation sites excluding steroid dienone is 4. The number of carbonyl (C=O) groups excluding carboxylic acids is 5. The van der Waals surface area contributed by atoms with Crippen LogP contribution < -0.4 is 26.4 Å². The van der Waals surface area contributed by atoms with Gasteiger partial charge in [-0.3, -0.25) is 14.4 Å². The SMILES string of the molecule is C=CCNC1=C2C[C@@H](C)C[C@H](OC)[C@@H](OC(=O)NS(=O)(=O)N3CCNCC3)[C@@H](C)/C=C(\C)[C@H](OC(N)=O)[C@@H](OC)/C=C\C=C(/C)C(=O)NC(=CC1=O)C2=O. The number of hydrogen-bond donors (Lipinski definition) is 5. The fourth-order valence-corrected chi connectivity index (χ4v) is 7.37. The lowest BCUT2D eigenvalue weighted by Crippen LogP contribution is -2.52. The summed E-state index contributed by atoms with van der Waals surface area (Å²) in [4.78, 5) is 65.7. The molecule has 18 heteroatoms. The average Bonchev–Trinajstić information content (AvgIpc) is 3.12. The predicted molar refractivity (Wildman–Crippen MR) is 198 cm³/mol. The topological polar surface area (TPSA) is 234 Å². The Morgan fingerprint density at radius 3 is 2.39 bits per heavy atom. The molecule has 2 aliphatic heterocycles. The lowest BCUT2D eigenvalue weighted by atomic mass is 9.85. The van der Waals surface area contributed by atoms with Crippen molar-refractivity contribution in [2.75, 3.05) is 46.9 Å². The summed E-state index contributed by atoms with van der Waals surface area (Å²) in [7, 11) is -1.48. The molecule has 0 aromatic carbocycles. The van der Waals surface area contributed by atoms with Gasteiger partial charge in [-0.05, 0) is 38.2 Å². The van der Waals surface area contributed by atoms with Gasteiger partial charge in [-0.15, -0.1) is 6.58 Å². The summed E-state index contributed by atoms with van der Waals surface area (Å²) < 4.78 is 52.0. The molecule has 1 aliphatic carbocycles. The van der Waals surface area contributed by atoms with Crippen LogP contribution in [-0.4, -0.2) is 114 Å². The zero-order chi connectivity index (χ0) is 40.2. The molecule has 0 radical (unpaired) electrons. The van der Waals surface area contributed by atoms with Crippen molar-refractivity contribution < 1.29 is 51.3 Å². The van der Waals surface area contributed by atoms with Crippen molar-refractivity contribution in [3.8, 4) is 0 Å². The molecule has 6 atom stereocenters. The van der Waals surface area contributed by atoms with Crippen molar-refractivity contribution in [3.63, 3.8) is 0 Å². The van der Waals surface area contributed by atoms with Gasteiger partial charge in [0.2, 0.25) is 11.6 Å². The molecule has 2 bridgehead atoms. The van der Waals surface area contributed by atoms with Crippen molar-refractivity contribution in [3.05, 3.63) is 71.1 Å². The summed E-state index contributed by atoms with van der Waals surface area (Å²) in [6.45, 7) is 11.6. The van der Waals surface area contributed by atoms with Gasteiger partial charge < -0.3 is 40.6 Å². The van der Waals surface area contributed by atoms with E-state index in [2.05, 4.69) is 22.5 Å². The molecule has 3 aliphatic rings. The fraction of sp³-hybridized carbons (Fsp3) is 0.528. The smallest absolute Gasteiger partial charge is 0.422 e. The maximum Gasteiger partial charge on any atom is 0.422 e. The van der Waals surface area contributed by atoms with E-state index in [4.69, 9.17) is 24.7 Å². The number of rotatable bonds is 9. The number of primary amides is 1. The first-order valence-electron chi connectivity index (χ1n) is 17.5. The van der Waals surface area contributed by atoms with E-state index in [1.54, 1.807) is 26.8 Å². The number of amides is 3. The van der Waals surface area contributed by atoms with Gasteiger partial charge in [0, 0.05) is 70.1 Å². The van der Waals surface area contributed by atoms with Gasteiger partial charge >= 0.3 is 22.4 Å². The highest BCUT2D eigenvalue weighted by molar-refractivity contribution is 7.87. The molecule has 0 spiro atoms. The number of carbonyl (C=O) groups is 5. The van der Waals surface area contributed by atoms with Crippen molar-refractivity contribution in [2.24, 2.45) is 17.6 Å². The number of hydrogen-bond acceptors (Lipinski definition) is 13. The molecule has 17 nitrogen and oxygen atoms in total. The molecule has 1 saturated heterocycles. The zero-order valence-electron chi connectivity index (χ0n) is 31.5. The van der Waals surface area contributed by atoms with Crippen molar-refractivity contribution >= 4 is 39.9 Å². The number of Topliss-reactive ketones (excluding diaryl/α,β-unsaturated/α-hetero) is 1. The van der Waals surface area contributed by atoms with E-state index in [0.29, 0.717) is 18.7 Å². The maximum absolute atomic E-state index is 13.9. The van der Waals surface area contributed by atoms with Gasteiger partial charge in [-0.2, -0.15) is 12.7 Å². The Balaban J connectivity index is 2.14. The predicted octanol–water partition coefficient (Wildman–Crippen LogP) is 1.42. The molecule has 3 amide bonds. The molecule has 0 aromatic rings. The highest BCUT2D eigenvalue weighted by Gasteiger charge is 2.37. The lowest BCUT2D eigenvalue weighted by Gasteiger charge is -2.33. The third kappa shape index (κ3) is 11.9. The van der Waals surface area contributed by atoms with Gasteiger partial charge in [0.05, 0.1) is 17.5 Å². The quantitative estimate of drug-likeness (QED) is 0.165. The lowest BCUT2D eigenvalue weighted by molar-refractivity contribution is -0.120. The molecule has 1 fully saturated rings. The minimum atomic E-state index is -4.25. The summed E-state index contributed by atoms with van der Waals surface area (Å²) in [5.74, 6) is -2.85. The van der Waals surface area contributed by atoms with E-state index < -0.39 is 76.1 Å². The first-order chi connectivity index (χ1) is 25.5. The number of nitrogens with one attached hydrogen (secondary N) is 4. The molecule has 298 valence electrons. The normalized spacial score (nSPS) is 29.4. The van der Waals surface area contributed by atoms with E-state index >= 15 is 0 Å². The summed E-state index contributed by atoms with van der Waals surface area (Å²) in [6, 6.07) is 0. The number of nitrogens with two attached hydrogens (primary N) is 1. The molecule has 6 N–H and O–H groups in total. The molecule has 0 saturated carbocycles. The summed E-state index contributed by atoms with van der Waals surface area (Å²) in [5, 5.41) is 8.54. The van der Waals surface area contributed by atoms with Crippen LogP contribution in [0.4, 0.5) is 9.59 Å². The molecular formula is C36H52N6O11S. The Hall–Kier alpha value is -4.62. The molecule has 0 unspecified atom stereocenters. The van der Waals surface area contributed by atoms with Crippen molar-refractivity contribution in [2.45, 2.75) is 65.0 Å². The van der Waals surface area contributed by atoms with Gasteiger partial charge in [0.25, 0.3) is 5.91 Å². The monoisotopic (exact) mass is 776 g/mol. The van der Waals surface area contributed by atoms with Gasteiger partial charge in [0.1, 0.15) is 12.2 Å². The van der Waals surface area contributed by atoms with E-state index in [1.165, 1.54) is 45.4 Å². The standard InChI is InChI=1S/C36H52N6O11S/c1-8-12-39-30-25-17-21(2)18-29(51-7)33(53-36(47)41-54(48,49)42-15-13-38-14-16-42)24(5)19-23(4)32(52-35(37)46)28(50-6)11-9-10-22(3)34(45)40-26(31(25)44)20-27(30)43/h8-11,19-21,24,28-29,32-33,38-39H,1,12-18H2,2-7H3,(H2,37,46)(H,40,45)(H,41,47)/b11-9-,22-10+,23-19+/t21-,24+,28+,29+,32+,33+/m1/s1. The number of nitrogens with zero attached hydrogens (tertiary/aromatic N) is 1. The third-order valence-electron chi connectivity index (χ3n) is 9.05. The van der Waals surface area contributed by atoms with Gasteiger partial charge in [0.15, 0.2) is 6.10 Å². The Morgan fingerprint density at radius 1 is 1.09 bits per heavy atom. The summed E-state index contributed by atoms with van der Waals surface area (Å²) in [5.41, 5.74) is 6.02. The van der Waals surface area contributed by atoms with Crippen LogP contribution in [0.5, 0.6) is 0 Å². The first kappa shape index (κ1) is 43.8. The van der Waals surface area contributed by atoms with Crippen LogP contribution in [0, 0.1) is 11.8 Å². The number of fused-ring (bicyclic) bond motifs is 2. The van der Waals surface area contributed by atoms with Gasteiger partial charge in [-0.1, -0.05) is 44.2 Å². The maximum atomic E-state index is 13.9. The van der Waals surface area contributed by atoms with E-state index in [0.717, 1.165) is 10.4 Å². The first-order valence-corrected chi connectivity index (χ1v) is 18.9. The minimum Gasteiger partial charge on any atom is -0.442 e. The highest BCUT2D eigenvalue weighted by atomic mass is 32.2. The Morgan fingerprint density at radius 2 is 1.78 bits per heavy atom. The number of ketones is 2. The number of piperazine rings is 1. The second-order valence-electron chi connectivity index (χ2n) is 13.2. The number of ether oxygens (including phenoxy) is 4. The van der Waals surface area contributed by atoms with E-state index in [1.807, 2.05) is 4.72 Å². The average molecular weight is 777 g/mol. The fourth-order valence-electron chi connectivity index (χ4n) is 6.32. The largest absolute Gasteiger partial charge is 0.442 e. The Bertz CT molecular complexity index is 1710. The van der Waals surface area contributed by atoms with Crippen molar-refractivity contribution in [1.82, 2.24) is 25.0 Å². The van der Waals surface area contributed by atoms with Crippen molar-refractivity contribution in [1.29, 1.82) is 0 Å². The van der Waals surface area contributed by atoms with Crippen LogP contribution in [0.3, 0.4) is 0 Å². The minimum absolute atomic E-state index is 0.0399. The van der Waals surface area contributed by atoms with Crippen LogP contribution in [0.1, 0.15) is 40.5 Å². The second-order valence-corrected chi connectivity index (χ2v) is 14.9. The van der Waals surface area contributed by atoms with Crippen LogP contribution in [0.15, 0.2) is 71.1 Å². The second kappa shape index (κ2) is 20.2. The molecular weight excluding hydrogens is 724 g/mol. The van der Waals surface area contributed by atoms with Crippen LogP contribution in [0.25, 0.3) is 0 Å². The van der Waals surface area contributed by atoms with Crippen LogP contribution >= 0.6 is 0 Å². The molecule has 0 aromatic heterocycles. The molecule has 3 rings (SSSR count). The van der Waals surface area contributed by atoms with E-state index in [-0.39, 0.29) is 55.0 Å². The Labute approximate surface area is 316 Å². The third-order valence-corrected chi connectivity index (χ3v) is 10.5. The van der Waals surface area contributed by atoms with E-state index in [9.17, 15) is 32.4 Å². The zero-order valence-corrected chi connectivity index (χ0v) is 32.3. The summed E-state index contributed by atoms with van der Waals surface area (Å²) in [6.07, 6.45) is 2.52. The molecule has 54 heavy (non-hydrogen) atoms. The van der Waals surface area contributed by atoms with Gasteiger partial charge in [-0.25, -0.2) is 14.3 Å². The summed E-state index contributed by atoms with van der Waals surface area (Å²) >= 11 is 0. The van der Waals surface area contributed by atoms with Crippen LogP contribution in [-0.2, 0) is 43.5 Å². The Kier molecular flexibility index (Phi) is 16.4.